The van der Waals surface area contributed by atoms with Crippen LogP contribution in [0.3, 0.4) is 0 Å². The van der Waals surface area contributed by atoms with Crippen LogP contribution in [0.15, 0.2) is 91.0 Å². The molecule has 47 heavy (non-hydrogen) atoms. The van der Waals surface area contributed by atoms with Crippen LogP contribution in [0.4, 0.5) is 0 Å². The Bertz CT molecular complexity index is 1480. The second kappa shape index (κ2) is 18.3. The molecule has 0 N–H and O–H groups in total. The van der Waals surface area contributed by atoms with Crippen LogP contribution in [0.5, 0.6) is 11.6 Å². The molecule has 1 unspecified atom stereocenters. The lowest BCUT2D eigenvalue weighted by atomic mass is 9.83. The van der Waals surface area contributed by atoms with Gasteiger partial charge in [-0.1, -0.05) is 168 Å². The van der Waals surface area contributed by atoms with Crippen LogP contribution in [-0.4, -0.2) is 11.6 Å². The second-order valence-corrected chi connectivity index (χ2v) is 13.8. The van der Waals surface area contributed by atoms with Crippen molar-refractivity contribution < 1.29 is 14.2 Å². The van der Waals surface area contributed by atoms with Crippen LogP contribution in [0.25, 0.3) is 11.1 Å². The first-order valence-electron chi connectivity index (χ1n) is 17.8. The summed E-state index contributed by atoms with van der Waals surface area (Å²) in [6.45, 7) is 8.46. The molecule has 0 saturated carbocycles. The average Bonchev–Trinajstić information content (AvgIpc) is 3.10. The van der Waals surface area contributed by atoms with Crippen LogP contribution >= 0.6 is 11.6 Å². The zero-order valence-electron chi connectivity index (χ0n) is 28.5. The molecule has 0 aliphatic carbocycles. The van der Waals surface area contributed by atoms with Crippen molar-refractivity contribution in [3.05, 3.63) is 113 Å². The molecule has 1 aliphatic heterocycles. The Kier molecular flexibility index (Phi) is 13.6. The third kappa shape index (κ3) is 10.1. The molecule has 5 heteroatoms. The van der Waals surface area contributed by atoms with E-state index in [1.807, 2.05) is 54.6 Å². The number of halogens is 1. The number of pyridine rings is 1. The molecule has 0 amide bonds. The summed E-state index contributed by atoms with van der Waals surface area (Å²) in [5.41, 5.74) is 4.72. The van der Waals surface area contributed by atoms with Gasteiger partial charge in [-0.25, -0.2) is 4.98 Å². The molecule has 0 bridgehead atoms. The van der Waals surface area contributed by atoms with Crippen LogP contribution < -0.4 is 9.47 Å². The Morgan fingerprint density at radius 1 is 0.809 bits per heavy atom. The lowest BCUT2D eigenvalue weighted by Crippen LogP contribution is -2.28. The Morgan fingerprint density at radius 3 is 2.04 bits per heavy atom. The Morgan fingerprint density at radius 2 is 1.40 bits per heavy atom. The highest BCUT2D eigenvalue weighted by Crippen LogP contribution is 2.50. The molecule has 0 radical (unpaired) electrons. The lowest BCUT2D eigenvalue weighted by Gasteiger charge is -2.36. The van der Waals surface area contributed by atoms with Crippen LogP contribution in [0.2, 0.25) is 5.15 Å². The quantitative estimate of drug-likeness (QED) is 0.0839. The first-order valence-corrected chi connectivity index (χ1v) is 18.1. The maximum Gasteiger partial charge on any atom is 0.224 e. The number of hydrogen-bond acceptors (Lipinski definition) is 4. The highest BCUT2D eigenvalue weighted by Gasteiger charge is 2.36. The van der Waals surface area contributed by atoms with Gasteiger partial charge in [-0.05, 0) is 47.3 Å². The normalized spacial score (nSPS) is 18.5. The largest absolute Gasteiger partial charge is 0.488 e. The predicted octanol–water partition coefficient (Wildman–Crippen LogP) is 12.1. The van der Waals surface area contributed by atoms with E-state index >= 15 is 0 Å². The van der Waals surface area contributed by atoms with Crippen LogP contribution in [0, 0.1) is 17.8 Å². The van der Waals surface area contributed by atoms with Gasteiger partial charge in [0.25, 0.3) is 0 Å². The summed E-state index contributed by atoms with van der Waals surface area (Å²) in [6, 6.07) is 30.6. The van der Waals surface area contributed by atoms with Crippen LogP contribution in [-0.2, 0) is 18.0 Å². The molecule has 1 aliphatic rings. The number of nitrogens with zero attached hydrogens (tertiary/aromatic N) is 1. The van der Waals surface area contributed by atoms with E-state index in [1.54, 1.807) is 0 Å². The van der Waals surface area contributed by atoms with Gasteiger partial charge in [-0.15, -0.1) is 0 Å². The standard InChI is InChI=1S/C42H52ClNO3/c1-4-31(2)19-11-6-5-7-12-24-35-27-32(3)39(45-30-35)38-40(46-28-33-20-13-8-14-21-33)37(36-25-17-10-18-26-36)41(43)44-42(38)47-29-34-22-15-9-16-23-34/h8-10,13-18,20-23,25-26,31-32,35,39H,4-7,11-12,19,24,27-30H2,1-3H3/t31?,32-,35+,39-/m0/s1. The first kappa shape index (κ1) is 35.0. The number of aromatic nitrogens is 1. The van der Waals surface area contributed by atoms with Crippen molar-refractivity contribution in [2.75, 3.05) is 6.61 Å². The summed E-state index contributed by atoms with van der Waals surface area (Å²) in [5, 5.41) is 0.358. The molecule has 4 nitrogen and oxygen atoms in total. The summed E-state index contributed by atoms with van der Waals surface area (Å²) in [7, 11) is 0. The monoisotopic (exact) mass is 653 g/mol. The van der Waals surface area contributed by atoms with E-state index in [0.717, 1.165) is 46.8 Å². The minimum atomic E-state index is -0.226. The van der Waals surface area contributed by atoms with Crippen LogP contribution in [0.1, 0.15) is 101 Å². The molecular weight excluding hydrogens is 602 g/mol. The fraction of sp³-hybridized carbons (Fsp3) is 0.452. The molecule has 1 saturated heterocycles. The van der Waals surface area contributed by atoms with E-state index in [1.165, 1.54) is 51.4 Å². The van der Waals surface area contributed by atoms with Gasteiger partial charge >= 0.3 is 0 Å². The van der Waals surface area contributed by atoms with Gasteiger partial charge in [0.2, 0.25) is 5.88 Å². The van der Waals surface area contributed by atoms with Gasteiger partial charge < -0.3 is 14.2 Å². The number of unbranched alkanes of at least 4 members (excludes halogenated alkanes) is 4. The summed E-state index contributed by atoms with van der Waals surface area (Å²) in [5.74, 6) is 2.84. The smallest absolute Gasteiger partial charge is 0.224 e. The number of benzene rings is 3. The van der Waals surface area contributed by atoms with Crippen molar-refractivity contribution in [1.29, 1.82) is 0 Å². The van der Waals surface area contributed by atoms with Crippen molar-refractivity contribution >= 4 is 11.6 Å². The maximum absolute atomic E-state index is 7.02. The zero-order valence-corrected chi connectivity index (χ0v) is 29.3. The minimum Gasteiger partial charge on any atom is -0.488 e. The summed E-state index contributed by atoms with van der Waals surface area (Å²) < 4.78 is 20.0. The SMILES string of the molecule is CCC(C)CCCCCCC[C@H]1CO[C@H](c2c(OCc3ccccc3)nc(Cl)c(-c3ccccc3)c2OCc2ccccc2)[C@@H](C)C1. The molecule has 1 fully saturated rings. The predicted molar refractivity (Wildman–Crippen MR) is 194 cm³/mol. The van der Waals surface area contributed by atoms with Gasteiger partial charge in [-0.2, -0.15) is 0 Å². The number of rotatable bonds is 17. The van der Waals surface area contributed by atoms with E-state index in [2.05, 4.69) is 57.2 Å². The van der Waals surface area contributed by atoms with Gasteiger partial charge in [0.15, 0.2) is 0 Å². The van der Waals surface area contributed by atoms with E-state index in [9.17, 15) is 0 Å². The molecule has 5 rings (SSSR count). The number of hydrogen-bond donors (Lipinski definition) is 0. The average molecular weight is 654 g/mol. The van der Waals surface area contributed by atoms with Crippen molar-refractivity contribution in [3.8, 4) is 22.8 Å². The lowest BCUT2D eigenvalue weighted by molar-refractivity contribution is -0.0577. The first-order chi connectivity index (χ1) is 23.0. The van der Waals surface area contributed by atoms with Gasteiger partial charge in [0.05, 0.1) is 23.8 Å². The van der Waals surface area contributed by atoms with Crippen molar-refractivity contribution in [2.45, 2.75) is 97.9 Å². The minimum absolute atomic E-state index is 0.226. The van der Waals surface area contributed by atoms with Gasteiger partial charge in [-0.3, -0.25) is 0 Å². The molecule has 1 aromatic heterocycles. The highest BCUT2D eigenvalue weighted by atomic mass is 35.5. The molecule has 250 valence electrons. The summed E-state index contributed by atoms with van der Waals surface area (Å²) in [6.07, 6.45) is 11.4. The van der Waals surface area contributed by atoms with Crippen molar-refractivity contribution in [3.63, 3.8) is 0 Å². The molecule has 4 aromatic rings. The fourth-order valence-electron chi connectivity index (χ4n) is 6.70. The summed E-state index contributed by atoms with van der Waals surface area (Å²) >= 11 is 7.02. The third-order valence-corrected chi connectivity index (χ3v) is 9.91. The molecule has 3 aromatic carbocycles. The van der Waals surface area contributed by atoms with E-state index in [0.29, 0.717) is 35.9 Å². The number of ether oxygens (including phenoxy) is 3. The van der Waals surface area contributed by atoms with Crippen molar-refractivity contribution in [2.24, 2.45) is 17.8 Å². The summed E-state index contributed by atoms with van der Waals surface area (Å²) in [4.78, 5) is 4.89. The van der Waals surface area contributed by atoms with Gasteiger partial charge in [0, 0.05) is 0 Å². The molecule has 4 atom stereocenters. The molecule has 2 heterocycles. The van der Waals surface area contributed by atoms with E-state index < -0.39 is 0 Å². The Hall–Kier alpha value is -3.34. The second-order valence-electron chi connectivity index (χ2n) is 13.4. The maximum atomic E-state index is 7.02. The zero-order chi connectivity index (χ0) is 32.8. The third-order valence-electron chi connectivity index (χ3n) is 9.64. The van der Waals surface area contributed by atoms with Crippen molar-refractivity contribution in [1.82, 2.24) is 4.98 Å². The van der Waals surface area contributed by atoms with Gasteiger partial charge in [0.1, 0.15) is 24.1 Å². The highest BCUT2D eigenvalue weighted by molar-refractivity contribution is 6.32. The molecular formula is C42H52ClNO3. The fourth-order valence-corrected chi connectivity index (χ4v) is 6.97. The van der Waals surface area contributed by atoms with E-state index in [4.69, 9.17) is 30.8 Å². The molecule has 0 spiro atoms. The topological polar surface area (TPSA) is 40.6 Å². The Labute approximate surface area is 287 Å². The Balaban J connectivity index is 1.38. The van der Waals surface area contributed by atoms with E-state index in [-0.39, 0.29) is 12.0 Å².